The number of benzene rings is 1. The topological polar surface area (TPSA) is 33.1 Å². The Morgan fingerprint density at radius 1 is 1.39 bits per heavy atom. The van der Waals surface area contributed by atoms with Gasteiger partial charge in [0, 0.05) is 6.42 Å². The van der Waals surface area contributed by atoms with Crippen molar-refractivity contribution >= 4 is 40.7 Å². The molecule has 98 valence electrons. The van der Waals surface area contributed by atoms with Gasteiger partial charge in [-0.05, 0) is 17.7 Å². The molecule has 1 atom stereocenters. The third-order valence-corrected chi connectivity index (χ3v) is 2.66. The lowest BCUT2D eigenvalue weighted by atomic mass is 10.1. The molecule has 0 heterocycles. The summed E-state index contributed by atoms with van der Waals surface area (Å²) in [5.41, 5.74) is 0.676. The normalized spacial score (nSPS) is 12.9. The molecule has 0 aliphatic rings. The number of alkyl halides is 3. The van der Waals surface area contributed by atoms with Gasteiger partial charge in [0.15, 0.2) is 0 Å². The van der Waals surface area contributed by atoms with Crippen LogP contribution in [0.3, 0.4) is 0 Å². The van der Waals surface area contributed by atoms with E-state index in [-0.39, 0.29) is 5.82 Å². The van der Waals surface area contributed by atoms with E-state index in [9.17, 15) is 4.39 Å². The first-order valence-electron chi connectivity index (χ1n) is 5.03. The van der Waals surface area contributed by atoms with E-state index in [4.69, 9.17) is 44.9 Å². The summed E-state index contributed by atoms with van der Waals surface area (Å²) in [7, 11) is 0. The zero-order chi connectivity index (χ0) is 13.8. The minimum atomic E-state index is -1.92. The first-order chi connectivity index (χ1) is 8.34. The Morgan fingerprint density at radius 3 is 2.39 bits per heavy atom. The first kappa shape index (κ1) is 15.3. The fraction of sp³-hybridized carbons (Fsp3) is 0.250. The van der Waals surface area contributed by atoms with Crippen molar-refractivity contribution in [2.24, 2.45) is 0 Å². The molecule has 2 nitrogen and oxygen atoms in total. The summed E-state index contributed by atoms with van der Waals surface area (Å²) in [4.78, 5) is 0. The van der Waals surface area contributed by atoms with Gasteiger partial charge in [-0.25, -0.2) is 4.39 Å². The summed E-state index contributed by atoms with van der Waals surface area (Å²) >= 11 is 16.6. The maximum absolute atomic E-state index is 12.8. The summed E-state index contributed by atoms with van der Waals surface area (Å²) in [6.07, 6.45) is 1.49. The molecule has 0 aliphatic heterocycles. The van der Waals surface area contributed by atoms with Crippen LogP contribution in [0, 0.1) is 11.2 Å². The number of hydrogen-bond acceptors (Lipinski definition) is 2. The van der Waals surface area contributed by atoms with Gasteiger partial charge in [-0.1, -0.05) is 53.0 Å². The van der Waals surface area contributed by atoms with Gasteiger partial charge in [0.05, 0.1) is 0 Å². The van der Waals surface area contributed by atoms with Crippen LogP contribution in [-0.4, -0.2) is 9.69 Å². The van der Waals surface area contributed by atoms with Crippen molar-refractivity contribution in [3.05, 3.63) is 48.3 Å². The number of hydrogen-bond donors (Lipinski definition) is 1. The molecule has 0 fully saturated rings. The van der Waals surface area contributed by atoms with Crippen LogP contribution in [0.5, 0.6) is 0 Å². The lowest BCUT2D eigenvalue weighted by Gasteiger charge is -2.21. The molecule has 0 aromatic heterocycles. The smallest absolute Gasteiger partial charge is 0.265 e. The third kappa shape index (κ3) is 4.48. The van der Waals surface area contributed by atoms with Gasteiger partial charge in [0.25, 0.3) is 3.79 Å². The number of ether oxygens (including phenoxy) is 1. The average Bonchev–Trinajstić information content (AvgIpc) is 2.28. The molecule has 1 aromatic carbocycles. The van der Waals surface area contributed by atoms with E-state index >= 15 is 0 Å². The molecule has 18 heavy (non-hydrogen) atoms. The van der Waals surface area contributed by atoms with Crippen LogP contribution in [0.1, 0.15) is 18.1 Å². The summed E-state index contributed by atoms with van der Waals surface area (Å²) in [5, 5.41) is 7.51. The predicted molar refractivity (Wildman–Crippen MR) is 73.1 cm³/mol. The summed E-state index contributed by atoms with van der Waals surface area (Å²) in [6, 6.07) is 5.70. The zero-order valence-electron chi connectivity index (χ0n) is 9.30. The molecule has 1 rings (SSSR count). The molecule has 6 heteroatoms. The lowest BCUT2D eigenvalue weighted by molar-refractivity contribution is 0.189. The van der Waals surface area contributed by atoms with E-state index in [0.29, 0.717) is 12.0 Å². The highest BCUT2D eigenvalue weighted by molar-refractivity contribution is 6.76. The summed E-state index contributed by atoms with van der Waals surface area (Å²) in [6.45, 7) is 3.59. The minimum absolute atomic E-state index is 0.354. The van der Waals surface area contributed by atoms with Gasteiger partial charge >= 0.3 is 0 Å². The Kier molecular flexibility index (Phi) is 5.45. The molecule has 1 aromatic rings. The Morgan fingerprint density at radius 2 is 1.94 bits per heavy atom. The van der Waals surface area contributed by atoms with E-state index in [1.807, 2.05) is 0 Å². The van der Waals surface area contributed by atoms with Crippen LogP contribution in [-0.2, 0) is 4.74 Å². The Labute approximate surface area is 120 Å². The van der Waals surface area contributed by atoms with E-state index in [1.165, 1.54) is 12.1 Å². The molecule has 0 saturated carbocycles. The highest BCUT2D eigenvalue weighted by Gasteiger charge is 2.30. The molecule has 0 radical (unpaired) electrons. The van der Waals surface area contributed by atoms with Gasteiger partial charge in [-0.2, -0.15) is 0 Å². The average molecular weight is 311 g/mol. The fourth-order valence-electron chi connectivity index (χ4n) is 1.29. The first-order valence-corrected chi connectivity index (χ1v) is 6.16. The molecule has 1 unspecified atom stereocenters. The maximum Gasteiger partial charge on any atom is 0.265 e. The van der Waals surface area contributed by atoms with Gasteiger partial charge < -0.3 is 4.74 Å². The second-order valence-corrected chi connectivity index (χ2v) is 5.79. The molecular formula is C12H11Cl3FNO. The van der Waals surface area contributed by atoms with Crippen molar-refractivity contribution in [2.75, 3.05) is 0 Å². The van der Waals surface area contributed by atoms with E-state index in [1.54, 1.807) is 18.2 Å². The van der Waals surface area contributed by atoms with Crippen LogP contribution < -0.4 is 0 Å². The summed E-state index contributed by atoms with van der Waals surface area (Å²) in [5.74, 6) is -0.837. The second kappa shape index (κ2) is 6.41. The number of halogens is 4. The number of nitrogens with one attached hydrogen (secondary N) is 1. The largest absolute Gasteiger partial charge is 0.470 e. The monoisotopic (exact) mass is 309 g/mol. The van der Waals surface area contributed by atoms with Crippen LogP contribution in [0.15, 0.2) is 36.9 Å². The van der Waals surface area contributed by atoms with Crippen LogP contribution in [0.4, 0.5) is 4.39 Å². The van der Waals surface area contributed by atoms with Crippen LogP contribution in [0.25, 0.3) is 0 Å². The van der Waals surface area contributed by atoms with Crippen molar-refractivity contribution in [1.29, 1.82) is 5.41 Å². The van der Waals surface area contributed by atoms with E-state index in [2.05, 4.69) is 6.58 Å². The quantitative estimate of drug-likeness (QED) is 0.368. The van der Waals surface area contributed by atoms with Gasteiger partial charge in [0.2, 0.25) is 5.90 Å². The van der Waals surface area contributed by atoms with Crippen LogP contribution in [0.2, 0.25) is 0 Å². The Bertz CT molecular complexity index is 428. The Hall–Kier alpha value is -0.770. The van der Waals surface area contributed by atoms with Gasteiger partial charge in [0.1, 0.15) is 11.9 Å². The van der Waals surface area contributed by atoms with E-state index in [0.717, 1.165) is 0 Å². The second-order valence-electron chi connectivity index (χ2n) is 3.51. The molecule has 0 amide bonds. The molecule has 1 N–H and O–H groups in total. The molecule has 0 aliphatic carbocycles. The highest BCUT2D eigenvalue weighted by Crippen LogP contribution is 2.32. The van der Waals surface area contributed by atoms with Crippen molar-refractivity contribution in [1.82, 2.24) is 0 Å². The summed E-state index contributed by atoms with van der Waals surface area (Å²) < 4.78 is 16.2. The highest BCUT2D eigenvalue weighted by atomic mass is 35.6. The Balaban J connectivity index is 2.86. The molecular weight excluding hydrogens is 299 g/mol. The van der Waals surface area contributed by atoms with Gasteiger partial charge in [-0.15, -0.1) is 6.58 Å². The predicted octanol–water partition coefficient (Wildman–Crippen LogP) is 4.81. The zero-order valence-corrected chi connectivity index (χ0v) is 11.6. The van der Waals surface area contributed by atoms with Crippen molar-refractivity contribution in [3.8, 4) is 0 Å². The lowest BCUT2D eigenvalue weighted by Crippen LogP contribution is -2.23. The van der Waals surface area contributed by atoms with Gasteiger partial charge in [-0.3, -0.25) is 5.41 Å². The maximum atomic E-state index is 12.8. The minimum Gasteiger partial charge on any atom is -0.470 e. The van der Waals surface area contributed by atoms with Crippen molar-refractivity contribution in [2.45, 2.75) is 16.3 Å². The standard InChI is InChI=1S/C12H11Cl3FNO/c1-2-3-10(18-11(17)12(13,14)15)8-4-6-9(16)7-5-8/h2,4-7,10,17H,1,3H2. The van der Waals surface area contributed by atoms with Crippen molar-refractivity contribution in [3.63, 3.8) is 0 Å². The molecule has 0 bridgehead atoms. The van der Waals surface area contributed by atoms with Crippen molar-refractivity contribution < 1.29 is 9.13 Å². The molecule has 0 spiro atoms. The fourth-order valence-corrected chi connectivity index (χ4v) is 1.42. The SMILES string of the molecule is C=CCC(OC(=N)C(Cl)(Cl)Cl)c1ccc(F)cc1. The van der Waals surface area contributed by atoms with Crippen LogP contribution >= 0.6 is 34.8 Å². The van der Waals surface area contributed by atoms with E-state index < -0.39 is 15.8 Å². The molecule has 0 saturated heterocycles. The number of rotatable bonds is 4. The third-order valence-electron chi connectivity index (χ3n) is 2.14.